The van der Waals surface area contributed by atoms with Gasteiger partial charge in [0.15, 0.2) is 0 Å². The van der Waals surface area contributed by atoms with E-state index in [4.69, 9.17) is 11.5 Å². The van der Waals surface area contributed by atoms with Gasteiger partial charge in [-0.3, -0.25) is 4.79 Å². The molecule has 0 aromatic heterocycles. The summed E-state index contributed by atoms with van der Waals surface area (Å²) in [5.74, 6) is -0.629. The SMILES string of the molecule is NCC(Cc1ccc(NCCCc2ccccc2)cc1)C(N)=O. The first-order chi connectivity index (χ1) is 11.2. The number of hydrogen-bond donors (Lipinski definition) is 3. The van der Waals surface area contributed by atoms with Crippen LogP contribution in [0, 0.1) is 5.92 Å². The molecule has 0 radical (unpaired) electrons. The van der Waals surface area contributed by atoms with E-state index in [1.54, 1.807) is 0 Å². The Morgan fingerprint density at radius 1 is 1.00 bits per heavy atom. The predicted octanol–water partition coefficient (Wildman–Crippen LogP) is 2.33. The number of anilines is 1. The zero-order valence-electron chi connectivity index (χ0n) is 13.4. The number of nitrogens with one attached hydrogen (secondary N) is 1. The summed E-state index contributed by atoms with van der Waals surface area (Å²) in [7, 11) is 0. The van der Waals surface area contributed by atoms with Crippen LogP contribution in [0.15, 0.2) is 54.6 Å². The van der Waals surface area contributed by atoms with Gasteiger partial charge < -0.3 is 16.8 Å². The van der Waals surface area contributed by atoms with Gasteiger partial charge >= 0.3 is 0 Å². The summed E-state index contributed by atoms with van der Waals surface area (Å²) in [5, 5.41) is 3.42. The smallest absolute Gasteiger partial charge is 0.222 e. The van der Waals surface area contributed by atoms with Crippen LogP contribution in [-0.2, 0) is 17.6 Å². The number of carbonyl (C=O) groups is 1. The summed E-state index contributed by atoms with van der Waals surface area (Å²) in [6, 6.07) is 18.6. The summed E-state index contributed by atoms with van der Waals surface area (Å²) >= 11 is 0. The molecule has 2 aromatic carbocycles. The molecule has 4 nitrogen and oxygen atoms in total. The van der Waals surface area contributed by atoms with Gasteiger partial charge in [-0.15, -0.1) is 0 Å². The van der Waals surface area contributed by atoms with Crippen molar-refractivity contribution in [2.24, 2.45) is 17.4 Å². The second kappa shape index (κ2) is 8.96. The summed E-state index contributed by atoms with van der Waals surface area (Å²) < 4.78 is 0. The molecule has 1 amide bonds. The maximum absolute atomic E-state index is 11.2. The van der Waals surface area contributed by atoms with Crippen molar-refractivity contribution in [2.45, 2.75) is 19.3 Å². The van der Waals surface area contributed by atoms with Gasteiger partial charge in [-0.05, 0) is 42.5 Å². The van der Waals surface area contributed by atoms with Gasteiger partial charge in [0.2, 0.25) is 5.91 Å². The zero-order valence-corrected chi connectivity index (χ0v) is 13.4. The number of primary amides is 1. The van der Waals surface area contributed by atoms with Crippen LogP contribution in [-0.4, -0.2) is 19.0 Å². The van der Waals surface area contributed by atoms with E-state index in [9.17, 15) is 4.79 Å². The van der Waals surface area contributed by atoms with Gasteiger partial charge in [-0.25, -0.2) is 0 Å². The number of nitrogens with two attached hydrogens (primary N) is 2. The minimum absolute atomic E-state index is 0.287. The van der Waals surface area contributed by atoms with Crippen LogP contribution in [0.1, 0.15) is 17.5 Å². The van der Waals surface area contributed by atoms with Crippen LogP contribution < -0.4 is 16.8 Å². The Balaban J connectivity index is 1.75. The molecule has 0 aliphatic rings. The fourth-order valence-corrected chi connectivity index (χ4v) is 2.51. The first-order valence-electron chi connectivity index (χ1n) is 8.05. The Labute approximate surface area is 137 Å². The molecular formula is C19H25N3O. The van der Waals surface area contributed by atoms with Gasteiger partial charge in [0.25, 0.3) is 0 Å². The normalized spacial score (nSPS) is 11.9. The van der Waals surface area contributed by atoms with E-state index in [-0.39, 0.29) is 18.4 Å². The predicted molar refractivity (Wildman–Crippen MR) is 95.1 cm³/mol. The van der Waals surface area contributed by atoms with Gasteiger partial charge in [-0.1, -0.05) is 42.5 Å². The molecule has 2 aromatic rings. The van der Waals surface area contributed by atoms with E-state index >= 15 is 0 Å². The van der Waals surface area contributed by atoms with Gasteiger partial charge in [0.05, 0.1) is 5.92 Å². The molecule has 122 valence electrons. The lowest BCUT2D eigenvalue weighted by Crippen LogP contribution is -2.31. The first-order valence-corrected chi connectivity index (χ1v) is 8.05. The molecule has 5 N–H and O–H groups in total. The fourth-order valence-electron chi connectivity index (χ4n) is 2.51. The molecular weight excluding hydrogens is 286 g/mol. The maximum Gasteiger partial charge on any atom is 0.222 e. The zero-order chi connectivity index (χ0) is 16.5. The summed E-state index contributed by atoms with van der Waals surface area (Å²) in [4.78, 5) is 11.2. The number of rotatable bonds is 9. The van der Waals surface area contributed by atoms with Crippen molar-refractivity contribution in [2.75, 3.05) is 18.4 Å². The molecule has 23 heavy (non-hydrogen) atoms. The molecule has 0 saturated heterocycles. The summed E-state index contributed by atoms with van der Waals surface area (Å²) in [6.45, 7) is 1.22. The van der Waals surface area contributed by atoms with Crippen molar-refractivity contribution in [1.82, 2.24) is 0 Å². The van der Waals surface area contributed by atoms with Crippen LogP contribution in [0.4, 0.5) is 5.69 Å². The van der Waals surface area contributed by atoms with Crippen molar-refractivity contribution < 1.29 is 4.79 Å². The molecule has 0 aliphatic carbocycles. The van der Waals surface area contributed by atoms with Gasteiger partial charge in [0.1, 0.15) is 0 Å². The third kappa shape index (κ3) is 5.75. The van der Waals surface area contributed by atoms with Crippen LogP contribution in [0.3, 0.4) is 0 Å². The number of aryl methyl sites for hydroxylation is 1. The van der Waals surface area contributed by atoms with E-state index in [0.29, 0.717) is 6.42 Å². The molecule has 4 heteroatoms. The van der Waals surface area contributed by atoms with Crippen molar-refractivity contribution in [3.63, 3.8) is 0 Å². The molecule has 0 heterocycles. The molecule has 1 atom stereocenters. The Bertz CT molecular complexity index is 596. The number of hydrogen-bond acceptors (Lipinski definition) is 3. The molecule has 0 bridgehead atoms. The lowest BCUT2D eigenvalue weighted by molar-refractivity contribution is -0.121. The van der Waals surface area contributed by atoms with Crippen molar-refractivity contribution in [3.05, 3.63) is 65.7 Å². The highest BCUT2D eigenvalue weighted by atomic mass is 16.1. The minimum atomic E-state index is -0.337. The highest BCUT2D eigenvalue weighted by Crippen LogP contribution is 2.13. The average molecular weight is 311 g/mol. The maximum atomic E-state index is 11.2. The monoisotopic (exact) mass is 311 g/mol. The topological polar surface area (TPSA) is 81.1 Å². The standard InChI is InChI=1S/C19H25N3O/c20-14-17(19(21)23)13-16-8-10-18(11-9-16)22-12-4-7-15-5-2-1-3-6-15/h1-3,5-6,8-11,17,22H,4,7,12-14,20H2,(H2,21,23). The first kappa shape index (κ1) is 17.0. The molecule has 0 spiro atoms. The summed E-state index contributed by atoms with van der Waals surface area (Å²) in [6.07, 6.45) is 2.76. The fraction of sp³-hybridized carbons (Fsp3) is 0.316. The largest absolute Gasteiger partial charge is 0.385 e. The van der Waals surface area contributed by atoms with E-state index in [0.717, 1.165) is 30.6 Å². The van der Waals surface area contributed by atoms with Gasteiger partial charge in [-0.2, -0.15) is 0 Å². The Morgan fingerprint density at radius 3 is 2.30 bits per heavy atom. The third-order valence-electron chi connectivity index (χ3n) is 3.94. The van der Waals surface area contributed by atoms with Crippen LogP contribution >= 0.6 is 0 Å². The van der Waals surface area contributed by atoms with Crippen LogP contribution in [0.5, 0.6) is 0 Å². The van der Waals surface area contributed by atoms with E-state index in [2.05, 4.69) is 29.6 Å². The highest BCUT2D eigenvalue weighted by molar-refractivity contribution is 5.77. The summed E-state index contributed by atoms with van der Waals surface area (Å²) in [5.41, 5.74) is 14.4. The van der Waals surface area contributed by atoms with Crippen LogP contribution in [0.25, 0.3) is 0 Å². The van der Waals surface area contributed by atoms with Crippen molar-refractivity contribution in [3.8, 4) is 0 Å². The Kier molecular flexibility index (Phi) is 6.63. The lowest BCUT2D eigenvalue weighted by atomic mass is 9.99. The molecule has 1 unspecified atom stereocenters. The van der Waals surface area contributed by atoms with Gasteiger partial charge in [0, 0.05) is 18.8 Å². The second-order valence-corrected chi connectivity index (χ2v) is 5.75. The molecule has 2 rings (SSSR count). The minimum Gasteiger partial charge on any atom is -0.385 e. The molecule has 0 saturated carbocycles. The van der Waals surface area contributed by atoms with Crippen molar-refractivity contribution in [1.29, 1.82) is 0 Å². The average Bonchev–Trinajstić information content (AvgIpc) is 2.58. The molecule has 0 aliphatic heterocycles. The lowest BCUT2D eigenvalue weighted by Gasteiger charge is -2.11. The van der Waals surface area contributed by atoms with E-state index in [1.165, 1.54) is 5.56 Å². The highest BCUT2D eigenvalue weighted by Gasteiger charge is 2.13. The Hall–Kier alpha value is -2.33. The number of benzene rings is 2. The quantitative estimate of drug-likeness (QED) is 0.622. The number of carbonyl (C=O) groups excluding carboxylic acids is 1. The van der Waals surface area contributed by atoms with E-state index < -0.39 is 0 Å². The molecule has 0 fully saturated rings. The second-order valence-electron chi connectivity index (χ2n) is 5.75. The third-order valence-corrected chi connectivity index (χ3v) is 3.94. The Morgan fingerprint density at radius 2 is 1.70 bits per heavy atom. The van der Waals surface area contributed by atoms with Crippen LogP contribution in [0.2, 0.25) is 0 Å². The number of amides is 1. The van der Waals surface area contributed by atoms with E-state index in [1.807, 2.05) is 30.3 Å². The van der Waals surface area contributed by atoms with Crippen molar-refractivity contribution >= 4 is 11.6 Å².